The van der Waals surface area contributed by atoms with E-state index in [1.54, 1.807) is 19.3 Å². The Hall–Kier alpha value is -2.05. The zero-order valence-corrected chi connectivity index (χ0v) is 11.1. The number of aromatic nitrogens is 2. The van der Waals surface area contributed by atoms with E-state index < -0.39 is 5.97 Å². The van der Waals surface area contributed by atoms with Crippen LogP contribution in [0.1, 0.15) is 38.3 Å². The number of nitrogens with one attached hydrogen (secondary N) is 3. The first kappa shape index (κ1) is 15.0. The Morgan fingerprint density at radius 3 is 2.79 bits per heavy atom. The first-order valence-electron chi connectivity index (χ1n) is 6.26. The average molecular weight is 268 g/mol. The summed E-state index contributed by atoms with van der Waals surface area (Å²) in [6.45, 7) is 3.97. The second kappa shape index (κ2) is 7.40. The highest BCUT2D eigenvalue weighted by Gasteiger charge is 2.11. The summed E-state index contributed by atoms with van der Waals surface area (Å²) in [6.07, 6.45) is 4.56. The molecule has 1 heterocycles. The van der Waals surface area contributed by atoms with E-state index in [1.165, 1.54) is 0 Å². The lowest BCUT2D eigenvalue weighted by atomic mass is 10.1. The topological polar surface area (TPSA) is 107 Å². The predicted octanol–water partition coefficient (Wildman–Crippen LogP) is 1.27. The van der Waals surface area contributed by atoms with Gasteiger partial charge in [-0.3, -0.25) is 9.89 Å². The Labute approximate surface area is 111 Å². The summed E-state index contributed by atoms with van der Waals surface area (Å²) in [5.74, 6) is -1.19. The SMILES string of the molecule is CC(CCCNC(=O)NC(C)c1cn[nH]c1)C(=O)O. The highest BCUT2D eigenvalue weighted by atomic mass is 16.4. The van der Waals surface area contributed by atoms with E-state index in [0.29, 0.717) is 19.4 Å². The maximum Gasteiger partial charge on any atom is 0.315 e. The summed E-state index contributed by atoms with van der Waals surface area (Å²) >= 11 is 0. The van der Waals surface area contributed by atoms with Crippen molar-refractivity contribution >= 4 is 12.0 Å². The Bertz CT molecular complexity index is 405. The molecule has 0 saturated carbocycles. The third kappa shape index (κ3) is 5.41. The molecule has 0 fully saturated rings. The van der Waals surface area contributed by atoms with Crippen molar-refractivity contribution in [2.45, 2.75) is 32.7 Å². The van der Waals surface area contributed by atoms with Gasteiger partial charge in [-0.2, -0.15) is 5.10 Å². The van der Waals surface area contributed by atoms with Crippen LogP contribution in [-0.2, 0) is 4.79 Å². The third-order valence-corrected chi connectivity index (χ3v) is 2.89. The fourth-order valence-electron chi connectivity index (χ4n) is 1.56. The highest BCUT2D eigenvalue weighted by Crippen LogP contribution is 2.08. The number of hydrogen-bond acceptors (Lipinski definition) is 3. The normalized spacial score (nSPS) is 13.6. The van der Waals surface area contributed by atoms with Crippen LogP contribution >= 0.6 is 0 Å². The molecular weight excluding hydrogens is 248 g/mol. The lowest BCUT2D eigenvalue weighted by molar-refractivity contribution is -0.141. The Morgan fingerprint density at radius 2 is 2.21 bits per heavy atom. The predicted molar refractivity (Wildman–Crippen MR) is 69.6 cm³/mol. The van der Waals surface area contributed by atoms with E-state index in [4.69, 9.17) is 5.11 Å². The molecule has 7 nitrogen and oxygen atoms in total. The Morgan fingerprint density at radius 1 is 1.47 bits per heavy atom. The number of carboxylic acid groups (broad SMARTS) is 1. The zero-order valence-electron chi connectivity index (χ0n) is 11.1. The summed E-state index contributed by atoms with van der Waals surface area (Å²) in [7, 11) is 0. The van der Waals surface area contributed by atoms with E-state index in [2.05, 4.69) is 20.8 Å². The van der Waals surface area contributed by atoms with Crippen LogP contribution in [0.4, 0.5) is 4.79 Å². The number of aromatic amines is 1. The molecule has 19 heavy (non-hydrogen) atoms. The van der Waals surface area contributed by atoms with Crippen LogP contribution in [0.15, 0.2) is 12.4 Å². The molecule has 0 bridgehead atoms. The summed E-state index contributed by atoms with van der Waals surface area (Å²) in [5.41, 5.74) is 0.898. The molecule has 2 amide bonds. The van der Waals surface area contributed by atoms with Gasteiger partial charge in [-0.05, 0) is 19.8 Å². The van der Waals surface area contributed by atoms with Gasteiger partial charge in [0.1, 0.15) is 0 Å². The van der Waals surface area contributed by atoms with Crippen LogP contribution in [-0.4, -0.2) is 33.8 Å². The number of H-pyrrole nitrogens is 1. The molecule has 0 aliphatic rings. The molecule has 1 aromatic rings. The maximum atomic E-state index is 11.6. The van der Waals surface area contributed by atoms with Crippen molar-refractivity contribution in [3.63, 3.8) is 0 Å². The molecule has 0 saturated heterocycles. The number of carboxylic acids is 1. The molecule has 7 heteroatoms. The van der Waals surface area contributed by atoms with Gasteiger partial charge in [0, 0.05) is 18.3 Å². The smallest absolute Gasteiger partial charge is 0.315 e. The first-order chi connectivity index (χ1) is 9.00. The van der Waals surface area contributed by atoms with Gasteiger partial charge in [-0.15, -0.1) is 0 Å². The first-order valence-corrected chi connectivity index (χ1v) is 6.26. The summed E-state index contributed by atoms with van der Waals surface area (Å²) in [6, 6.07) is -0.395. The van der Waals surface area contributed by atoms with Crippen molar-refractivity contribution in [2.75, 3.05) is 6.54 Å². The third-order valence-electron chi connectivity index (χ3n) is 2.89. The molecular formula is C12H20N4O3. The Balaban J connectivity index is 2.16. The van der Waals surface area contributed by atoms with E-state index in [1.807, 2.05) is 6.92 Å². The maximum absolute atomic E-state index is 11.6. The van der Waals surface area contributed by atoms with E-state index in [-0.39, 0.29) is 18.0 Å². The quantitative estimate of drug-likeness (QED) is 0.558. The van der Waals surface area contributed by atoms with E-state index >= 15 is 0 Å². The minimum atomic E-state index is -0.807. The molecule has 0 radical (unpaired) electrons. The molecule has 106 valence electrons. The highest BCUT2D eigenvalue weighted by molar-refractivity contribution is 5.74. The summed E-state index contributed by atoms with van der Waals surface area (Å²) in [5, 5.41) is 20.7. The standard InChI is InChI=1S/C12H20N4O3/c1-8(11(17)18)4-3-5-13-12(19)16-9(2)10-6-14-15-7-10/h6-9H,3-5H2,1-2H3,(H,14,15)(H,17,18)(H2,13,16,19). The fourth-order valence-corrected chi connectivity index (χ4v) is 1.56. The molecule has 1 rings (SSSR count). The number of amides is 2. The minimum absolute atomic E-state index is 0.128. The number of aliphatic carboxylic acids is 1. The molecule has 0 aromatic carbocycles. The zero-order chi connectivity index (χ0) is 14.3. The van der Waals surface area contributed by atoms with Crippen LogP contribution in [0.3, 0.4) is 0 Å². The van der Waals surface area contributed by atoms with Crippen molar-refractivity contribution in [1.82, 2.24) is 20.8 Å². The van der Waals surface area contributed by atoms with Crippen LogP contribution in [0, 0.1) is 5.92 Å². The minimum Gasteiger partial charge on any atom is -0.481 e. The average Bonchev–Trinajstić information content (AvgIpc) is 2.87. The van der Waals surface area contributed by atoms with Crippen molar-refractivity contribution in [2.24, 2.45) is 5.92 Å². The molecule has 0 aliphatic carbocycles. The van der Waals surface area contributed by atoms with Crippen molar-refractivity contribution in [3.05, 3.63) is 18.0 Å². The number of carbonyl (C=O) groups is 2. The summed E-state index contributed by atoms with van der Waals surface area (Å²) < 4.78 is 0. The fraction of sp³-hybridized carbons (Fsp3) is 0.583. The number of carbonyl (C=O) groups excluding carboxylic acids is 1. The van der Waals surface area contributed by atoms with Gasteiger partial charge in [0.2, 0.25) is 0 Å². The van der Waals surface area contributed by atoms with Crippen LogP contribution in [0.2, 0.25) is 0 Å². The van der Waals surface area contributed by atoms with Gasteiger partial charge in [0.15, 0.2) is 0 Å². The van der Waals surface area contributed by atoms with E-state index in [0.717, 1.165) is 5.56 Å². The summed E-state index contributed by atoms with van der Waals surface area (Å²) in [4.78, 5) is 22.2. The van der Waals surface area contributed by atoms with Crippen LogP contribution in [0.25, 0.3) is 0 Å². The number of urea groups is 1. The Kier molecular flexibility index (Phi) is 5.84. The largest absolute Gasteiger partial charge is 0.481 e. The van der Waals surface area contributed by atoms with Gasteiger partial charge < -0.3 is 15.7 Å². The lowest BCUT2D eigenvalue weighted by Crippen LogP contribution is -2.37. The van der Waals surface area contributed by atoms with Crippen molar-refractivity contribution in [1.29, 1.82) is 0 Å². The monoisotopic (exact) mass is 268 g/mol. The van der Waals surface area contributed by atoms with Crippen LogP contribution < -0.4 is 10.6 Å². The van der Waals surface area contributed by atoms with Crippen molar-refractivity contribution < 1.29 is 14.7 Å². The number of hydrogen-bond donors (Lipinski definition) is 4. The molecule has 0 aliphatic heterocycles. The second-order valence-corrected chi connectivity index (χ2v) is 4.54. The van der Waals surface area contributed by atoms with Gasteiger partial charge in [0.05, 0.1) is 18.2 Å². The van der Waals surface area contributed by atoms with Crippen LogP contribution in [0.5, 0.6) is 0 Å². The molecule has 1 aromatic heterocycles. The van der Waals surface area contributed by atoms with Gasteiger partial charge in [-0.1, -0.05) is 6.92 Å². The van der Waals surface area contributed by atoms with Gasteiger partial charge in [0.25, 0.3) is 0 Å². The second-order valence-electron chi connectivity index (χ2n) is 4.54. The lowest BCUT2D eigenvalue weighted by Gasteiger charge is -2.13. The molecule has 2 unspecified atom stereocenters. The number of rotatable bonds is 7. The van der Waals surface area contributed by atoms with E-state index in [9.17, 15) is 9.59 Å². The molecule has 2 atom stereocenters. The van der Waals surface area contributed by atoms with Gasteiger partial charge in [-0.25, -0.2) is 4.79 Å². The number of nitrogens with zero attached hydrogens (tertiary/aromatic N) is 1. The van der Waals surface area contributed by atoms with Gasteiger partial charge >= 0.3 is 12.0 Å². The van der Waals surface area contributed by atoms with Crippen molar-refractivity contribution in [3.8, 4) is 0 Å². The molecule has 4 N–H and O–H groups in total. The molecule has 0 spiro atoms.